The Balaban J connectivity index is 1.60. The van der Waals surface area contributed by atoms with E-state index in [2.05, 4.69) is 29.7 Å². The number of likely N-dealkylation sites (N-methyl/N-ethyl adjacent to an activating group) is 1. The lowest BCUT2D eigenvalue weighted by Gasteiger charge is -2.47. The molecule has 4 rings (SSSR count). The Morgan fingerprint density at radius 1 is 1.08 bits per heavy atom. The molecule has 6 nitrogen and oxygen atoms in total. The average Bonchev–Trinajstić information content (AvgIpc) is 2.60. The standard InChI is InChI=1S/C18H20N4O2/c1-20-16-11-21(18(24)12-22(16)17(23)9-19-20)10-14-7-4-6-13-5-2-3-8-15(13)14/h2-8,16,19H,9-12H2,1H3. The van der Waals surface area contributed by atoms with Crippen molar-refractivity contribution in [3.8, 4) is 0 Å². The molecule has 1 atom stereocenters. The second-order valence-corrected chi connectivity index (χ2v) is 6.36. The van der Waals surface area contributed by atoms with Crippen molar-refractivity contribution in [2.45, 2.75) is 12.7 Å². The molecule has 2 aromatic carbocycles. The van der Waals surface area contributed by atoms with Crippen molar-refractivity contribution in [1.82, 2.24) is 20.2 Å². The minimum Gasteiger partial charge on any atom is -0.333 e. The van der Waals surface area contributed by atoms with E-state index in [1.54, 1.807) is 4.90 Å². The number of carbonyl (C=O) groups excluding carboxylic acids is 2. The van der Waals surface area contributed by atoms with Crippen molar-refractivity contribution in [2.24, 2.45) is 0 Å². The number of benzene rings is 2. The van der Waals surface area contributed by atoms with E-state index in [0.717, 1.165) is 5.56 Å². The molecule has 6 heteroatoms. The number of hydrogen-bond acceptors (Lipinski definition) is 4. The lowest BCUT2D eigenvalue weighted by molar-refractivity contribution is -0.163. The first-order valence-electron chi connectivity index (χ1n) is 8.14. The Bertz CT molecular complexity index is 801. The normalized spacial score (nSPS) is 22.1. The number of rotatable bonds is 2. The van der Waals surface area contributed by atoms with Crippen LogP contribution in [0.1, 0.15) is 5.56 Å². The van der Waals surface area contributed by atoms with Gasteiger partial charge in [0.25, 0.3) is 0 Å². The van der Waals surface area contributed by atoms with Gasteiger partial charge in [-0.3, -0.25) is 9.59 Å². The Kier molecular flexibility index (Phi) is 3.70. The second-order valence-electron chi connectivity index (χ2n) is 6.36. The number of piperazine rings is 1. The number of hydrazine groups is 1. The highest BCUT2D eigenvalue weighted by atomic mass is 16.2. The van der Waals surface area contributed by atoms with Crippen LogP contribution >= 0.6 is 0 Å². The zero-order valence-corrected chi connectivity index (χ0v) is 13.6. The SMILES string of the molecule is CN1NCC(=O)N2CC(=O)N(Cc3cccc4ccccc34)CC12. The lowest BCUT2D eigenvalue weighted by atomic mass is 10.0. The summed E-state index contributed by atoms with van der Waals surface area (Å²) in [6.07, 6.45) is -0.112. The van der Waals surface area contributed by atoms with Gasteiger partial charge in [0.05, 0.1) is 13.1 Å². The van der Waals surface area contributed by atoms with Crippen LogP contribution in [0.15, 0.2) is 42.5 Å². The van der Waals surface area contributed by atoms with Gasteiger partial charge in [0.2, 0.25) is 11.8 Å². The van der Waals surface area contributed by atoms with E-state index in [1.165, 1.54) is 10.8 Å². The Hall–Kier alpha value is -2.44. The van der Waals surface area contributed by atoms with Crippen LogP contribution in [0.2, 0.25) is 0 Å². The van der Waals surface area contributed by atoms with Gasteiger partial charge < -0.3 is 9.80 Å². The highest BCUT2D eigenvalue weighted by molar-refractivity contribution is 5.89. The third kappa shape index (κ3) is 2.53. The molecule has 2 amide bonds. The summed E-state index contributed by atoms with van der Waals surface area (Å²) in [5.74, 6) is -0.0147. The molecule has 0 aromatic heterocycles. The van der Waals surface area contributed by atoms with Crippen molar-refractivity contribution >= 4 is 22.6 Å². The smallest absolute Gasteiger partial charge is 0.242 e. The summed E-state index contributed by atoms with van der Waals surface area (Å²) in [5.41, 5.74) is 4.20. The zero-order valence-electron chi connectivity index (χ0n) is 13.6. The van der Waals surface area contributed by atoms with E-state index in [-0.39, 0.29) is 31.1 Å². The quantitative estimate of drug-likeness (QED) is 0.887. The topological polar surface area (TPSA) is 55.9 Å². The van der Waals surface area contributed by atoms with E-state index < -0.39 is 0 Å². The zero-order chi connectivity index (χ0) is 16.7. The summed E-state index contributed by atoms with van der Waals surface area (Å²) in [6, 6.07) is 14.4. The van der Waals surface area contributed by atoms with E-state index in [9.17, 15) is 9.59 Å². The van der Waals surface area contributed by atoms with Crippen molar-refractivity contribution in [3.05, 3.63) is 48.0 Å². The summed E-state index contributed by atoms with van der Waals surface area (Å²) >= 11 is 0. The third-order valence-corrected chi connectivity index (χ3v) is 4.89. The van der Waals surface area contributed by atoms with Crippen LogP contribution in [0.3, 0.4) is 0 Å². The first-order chi connectivity index (χ1) is 11.6. The molecule has 2 aliphatic rings. The van der Waals surface area contributed by atoms with Gasteiger partial charge in [0, 0.05) is 13.6 Å². The monoisotopic (exact) mass is 324 g/mol. The number of nitrogens with one attached hydrogen (secondary N) is 1. The molecule has 2 aromatic rings. The van der Waals surface area contributed by atoms with Crippen LogP contribution < -0.4 is 5.43 Å². The molecule has 0 spiro atoms. The molecule has 2 aliphatic heterocycles. The highest BCUT2D eigenvalue weighted by Crippen LogP contribution is 2.23. The Morgan fingerprint density at radius 2 is 1.88 bits per heavy atom. The maximum atomic E-state index is 12.5. The van der Waals surface area contributed by atoms with E-state index in [0.29, 0.717) is 13.1 Å². The van der Waals surface area contributed by atoms with Crippen LogP contribution in [0.25, 0.3) is 10.8 Å². The van der Waals surface area contributed by atoms with E-state index in [1.807, 2.05) is 35.2 Å². The number of fused-ring (bicyclic) bond motifs is 2. The maximum absolute atomic E-state index is 12.5. The summed E-state index contributed by atoms with van der Waals surface area (Å²) in [5, 5.41) is 4.26. The summed E-state index contributed by atoms with van der Waals surface area (Å²) in [7, 11) is 1.91. The van der Waals surface area contributed by atoms with Gasteiger partial charge in [-0.2, -0.15) is 0 Å². The van der Waals surface area contributed by atoms with E-state index >= 15 is 0 Å². The Labute approximate surface area is 140 Å². The lowest BCUT2D eigenvalue weighted by Crippen LogP contribution is -2.70. The molecule has 1 unspecified atom stereocenters. The minimum absolute atomic E-state index is 0.00262. The number of nitrogens with zero attached hydrogens (tertiary/aromatic N) is 3. The number of hydrogen-bond donors (Lipinski definition) is 1. The predicted octanol–water partition coefficient (Wildman–Crippen LogP) is 0.787. The molecule has 24 heavy (non-hydrogen) atoms. The third-order valence-electron chi connectivity index (χ3n) is 4.89. The first-order valence-corrected chi connectivity index (χ1v) is 8.14. The summed E-state index contributed by atoms with van der Waals surface area (Å²) in [6.45, 7) is 1.48. The molecule has 2 fully saturated rings. The molecule has 0 aliphatic carbocycles. The molecule has 0 radical (unpaired) electrons. The van der Waals surface area contributed by atoms with Gasteiger partial charge >= 0.3 is 0 Å². The molecule has 0 saturated carbocycles. The average molecular weight is 324 g/mol. The highest BCUT2D eigenvalue weighted by Gasteiger charge is 2.39. The van der Waals surface area contributed by atoms with Gasteiger partial charge in [-0.05, 0) is 16.3 Å². The van der Waals surface area contributed by atoms with Gasteiger partial charge in [-0.25, -0.2) is 10.4 Å². The first kappa shape index (κ1) is 15.1. The maximum Gasteiger partial charge on any atom is 0.242 e. The molecule has 0 bridgehead atoms. The number of carbonyl (C=O) groups is 2. The minimum atomic E-state index is -0.112. The molecular weight excluding hydrogens is 304 g/mol. The molecular formula is C18H20N4O2. The largest absolute Gasteiger partial charge is 0.333 e. The van der Waals surface area contributed by atoms with Crippen molar-refractivity contribution in [2.75, 3.05) is 26.7 Å². The van der Waals surface area contributed by atoms with Crippen molar-refractivity contribution < 1.29 is 9.59 Å². The van der Waals surface area contributed by atoms with Crippen LogP contribution in [-0.2, 0) is 16.1 Å². The predicted molar refractivity (Wildman–Crippen MR) is 90.6 cm³/mol. The number of amides is 2. The van der Waals surface area contributed by atoms with Crippen molar-refractivity contribution in [1.29, 1.82) is 0 Å². The second kappa shape index (κ2) is 5.89. The van der Waals surface area contributed by atoms with Gasteiger partial charge in [0.15, 0.2) is 0 Å². The van der Waals surface area contributed by atoms with Crippen LogP contribution in [0.5, 0.6) is 0 Å². The van der Waals surface area contributed by atoms with Gasteiger partial charge in [0.1, 0.15) is 12.7 Å². The van der Waals surface area contributed by atoms with Gasteiger partial charge in [-0.1, -0.05) is 42.5 Å². The molecule has 2 saturated heterocycles. The van der Waals surface area contributed by atoms with E-state index in [4.69, 9.17) is 0 Å². The van der Waals surface area contributed by atoms with Gasteiger partial charge in [-0.15, -0.1) is 0 Å². The fraction of sp³-hybridized carbons (Fsp3) is 0.333. The fourth-order valence-corrected chi connectivity index (χ4v) is 3.52. The molecule has 2 heterocycles. The summed E-state index contributed by atoms with van der Waals surface area (Å²) in [4.78, 5) is 28.1. The molecule has 1 N–H and O–H groups in total. The molecule has 124 valence electrons. The van der Waals surface area contributed by atoms with Crippen LogP contribution in [-0.4, -0.2) is 59.5 Å². The van der Waals surface area contributed by atoms with Crippen LogP contribution in [0.4, 0.5) is 0 Å². The van der Waals surface area contributed by atoms with Crippen LogP contribution in [0, 0.1) is 0 Å². The fourth-order valence-electron chi connectivity index (χ4n) is 3.52. The Morgan fingerprint density at radius 3 is 2.75 bits per heavy atom. The summed E-state index contributed by atoms with van der Waals surface area (Å²) < 4.78 is 0. The van der Waals surface area contributed by atoms with Crippen molar-refractivity contribution in [3.63, 3.8) is 0 Å².